The van der Waals surface area contributed by atoms with Crippen LogP contribution in [0.3, 0.4) is 0 Å². The van der Waals surface area contributed by atoms with Gasteiger partial charge in [0.1, 0.15) is 5.75 Å². The van der Waals surface area contributed by atoms with Crippen LogP contribution in [0.25, 0.3) is 0 Å². The molecule has 0 radical (unpaired) electrons. The Labute approximate surface area is 165 Å². The molecule has 3 heteroatoms. The Hall–Kier alpha value is -3.51. The number of carbonyl (C=O) groups excluding carboxylic acids is 1. The van der Waals surface area contributed by atoms with Crippen molar-refractivity contribution in [3.8, 4) is 17.6 Å². The van der Waals surface area contributed by atoms with Crippen LogP contribution in [0.5, 0.6) is 5.75 Å². The zero-order valence-corrected chi connectivity index (χ0v) is 15.7. The number of ether oxygens (including phenoxy) is 1. The fourth-order valence-corrected chi connectivity index (χ4v) is 3.59. The lowest BCUT2D eigenvalue weighted by molar-refractivity contribution is -0.130. The van der Waals surface area contributed by atoms with E-state index in [1.807, 2.05) is 89.8 Å². The zero-order chi connectivity index (χ0) is 19.3. The van der Waals surface area contributed by atoms with Gasteiger partial charge in [0.25, 0.3) is 0 Å². The van der Waals surface area contributed by atoms with E-state index in [1.165, 1.54) is 0 Å². The Morgan fingerprint density at radius 1 is 0.893 bits per heavy atom. The van der Waals surface area contributed by atoms with E-state index in [4.69, 9.17) is 4.74 Å². The minimum atomic E-state index is -0.148. The first kappa shape index (κ1) is 17.9. The Kier molecular flexibility index (Phi) is 5.12. The molecule has 2 atom stereocenters. The number of amides is 1. The molecule has 3 aromatic rings. The van der Waals surface area contributed by atoms with Crippen molar-refractivity contribution in [2.24, 2.45) is 5.92 Å². The highest BCUT2D eigenvalue weighted by molar-refractivity contribution is 6.03. The van der Waals surface area contributed by atoms with Crippen molar-refractivity contribution in [3.05, 3.63) is 96.1 Å². The van der Waals surface area contributed by atoms with E-state index < -0.39 is 0 Å². The zero-order valence-electron chi connectivity index (χ0n) is 15.7. The number of β-lactam (4-membered cyclic amide) rings is 1. The summed E-state index contributed by atoms with van der Waals surface area (Å²) in [5, 5.41) is 0. The standard InChI is InChI=1S/C25H21NO2/c1-28-22-17-15-20(16-18-22)24-23(14-8-11-19-9-4-2-5-10-19)25(27)26(24)21-12-6-3-7-13-21/h2-7,9-10,12-13,15-18,23-24H,14H2,1H3/t23-,24+/m0/s1. The lowest BCUT2D eigenvalue weighted by atomic mass is 9.80. The van der Waals surface area contributed by atoms with E-state index in [9.17, 15) is 4.79 Å². The van der Waals surface area contributed by atoms with Crippen LogP contribution in [0, 0.1) is 17.8 Å². The highest BCUT2D eigenvalue weighted by Crippen LogP contribution is 2.45. The number of methoxy groups -OCH3 is 1. The van der Waals surface area contributed by atoms with E-state index in [1.54, 1.807) is 7.11 Å². The van der Waals surface area contributed by atoms with Gasteiger partial charge in [-0.25, -0.2) is 0 Å². The first-order valence-electron chi connectivity index (χ1n) is 9.34. The monoisotopic (exact) mass is 367 g/mol. The second-order valence-corrected chi connectivity index (χ2v) is 6.74. The summed E-state index contributed by atoms with van der Waals surface area (Å²) in [6.45, 7) is 0. The van der Waals surface area contributed by atoms with Crippen LogP contribution in [0.1, 0.15) is 23.6 Å². The number of hydrogen-bond donors (Lipinski definition) is 0. The van der Waals surface area contributed by atoms with Crippen molar-refractivity contribution >= 4 is 11.6 Å². The van der Waals surface area contributed by atoms with Crippen LogP contribution in [0.2, 0.25) is 0 Å². The predicted octanol–water partition coefficient (Wildman–Crippen LogP) is 4.84. The summed E-state index contributed by atoms with van der Waals surface area (Å²) in [6.07, 6.45) is 0.535. The van der Waals surface area contributed by atoms with Gasteiger partial charge < -0.3 is 9.64 Å². The molecule has 28 heavy (non-hydrogen) atoms. The summed E-state index contributed by atoms with van der Waals surface area (Å²) in [6, 6.07) is 27.6. The molecule has 3 nitrogen and oxygen atoms in total. The van der Waals surface area contributed by atoms with Gasteiger partial charge in [-0.3, -0.25) is 4.79 Å². The Bertz CT molecular complexity index is 1000. The third kappa shape index (κ3) is 3.50. The highest BCUT2D eigenvalue weighted by Gasteiger charge is 2.48. The molecule has 0 bridgehead atoms. The van der Waals surface area contributed by atoms with E-state index >= 15 is 0 Å². The third-order valence-electron chi connectivity index (χ3n) is 5.03. The topological polar surface area (TPSA) is 29.5 Å². The van der Waals surface area contributed by atoms with E-state index in [2.05, 4.69) is 11.8 Å². The smallest absolute Gasteiger partial charge is 0.234 e. The maximum Gasteiger partial charge on any atom is 0.234 e. The average Bonchev–Trinajstić information content (AvgIpc) is 2.76. The van der Waals surface area contributed by atoms with Crippen molar-refractivity contribution in [2.45, 2.75) is 12.5 Å². The maximum atomic E-state index is 12.9. The molecular weight excluding hydrogens is 346 g/mol. The van der Waals surface area contributed by atoms with Crippen LogP contribution < -0.4 is 9.64 Å². The van der Waals surface area contributed by atoms with Crippen molar-refractivity contribution < 1.29 is 9.53 Å². The molecule has 1 heterocycles. The SMILES string of the molecule is COc1ccc([C@@H]2[C@H](CC#Cc3ccccc3)C(=O)N2c2ccccc2)cc1. The van der Waals surface area contributed by atoms with Crippen molar-refractivity contribution in [3.63, 3.8) is 0 Å². The van der Waals surface area contributed by atoms with Gasteiger partial charge in [-0.15, -0.1) is 0 Å². The third-order valence-corrected chi connectivity index (χ3v) is 5.03. The van der Waals surface area contributed by atoms with E-state index in [0.29, 0.717) is 6.42 Å². The van der Waals surface area contributed by atoms with Gasteiger partial charge in [0, 0.05) is 17.7 Å². The molecule has 0 aromatic heterocycles. The Morgan fingerprint density at radius 3 is 2.18 bits per heavy atom. The molecule has 0 aliphatic carbocycles. The molecule has 0 saturated carbocycles. The number of hydrogen-bond acceptors (Lipinski definition) is 2. The fourth-order valence-electron chi connectivity index (χ4n) is 3.59. The highest BCUT2D eigenvalue weighted by atomic mass is 16.5. The van der Waals surface area contributed by atoms with Gasteiger partial charge >= 0.3 is 0 Å². The molecule has 1 fully saturated rings. The summed E-state index contributed by atoms with van der Waals surface area (Å²) in [7, 11) is 1.65. The minimum absolute atomic E-state index is 0.0223. The van der Waals surface area contributed by atoms with Crippen molar-refractivity contribution in [1.82, 2.24) is 0 Å². The van der Waals surface area contributed by atoms with Crippen molar-refractivity contribution in [1.29, 1.82) is 0 Å². The molecule has 0 N–H and O–H groups in total. The van der Waals surface area contributed by atoms with Gasteiger partial charge in [0.15, 0.2) is 0 Å². The molecule has 1 amide bonds. The molecule has 1 aliphatic heterocycles. The molecule has 1 aliphatic rings. The van der Waals surface area contributed by atoms with Crippen LogP contribution in [0.15, 0.2) is 84.9 Å². The molecule has 4 rings (SSSR count). The summed E-state index contributed by atoms with van der Waals surface area (Å²) in [4.78, 5) is 14.8. The number of para-hydroxylation sites is 1. The summed E-state index contributed by atoms with van der Waals surface area (Å²) < 4.78 is 5.27. The number of carbonyl (C=O) groups is 1. The first-order chi connectivity index (χ1) is 13.8. The Morgan fingerprint density at radius 2 is 1.54 bits per heavy atom. The summed E-state index contributed by atoms with van der Waals surface area (Å²) in [5.41, 5.74) is 2.98. The van der Waals surface area contributed by atoms with Gasteiger partial charge in [-0.05, 0) is 42.0 Å². The van der Waals surface area contributed by atoms with Crippen LogP contribution in [-0.2, 0) is 4.79 Å². The minimum Gasteiger partial charge on any atom is -0.497 e. The lowest BCUT2D eigenvalue weighted by Crippen LogP contribution is -2.55. The van der Waals surface area contributed by atoms with Gasteiger partial charge in [-0.1, -0.05) is 60.4 Å². The number of anilines is 1. The summed E-state index contributed by atoms with van der Waals surface area (Å²) >= 11 is 0. The number of rotatable bonds is 4. The van der Waals surface area contributed by atoms with Gasteiger partial charge in [-0.2, -0.15) is 0 Å². The van der Waals surface area contributed by atoms with Crippen LogP contribution >= 0.6 is 0 Å². The molecule has 0 spiro atoms. The average molecular weight is 367 g/mol. The number of benzene rings is 3. The quantitative estimate of drug-likeness (QED) is 0.488. The molecule has 3 aromatic carbocycles. The van der Waals surface area contributed by atoms with E-state index in [-0.39, 0.29) is 17.9 Å². The van der Waals surface area contributed by atoms with Crippen LogP contribution in [-0.4, -0.2) is 13.0 Å². The van der Waals surface area contributed by atoms with Crippen LogP contribution in [0.4, 0.5) is 5.69 Å². The largest absolute Gasteiger partial charge is 0.497 e. The predicted molar refractivity (Wildman–Crippen MR) is 111 cm³/mol. The van der Waals surface area contributed by atoms with Gasteiger partial charge in [0.05, 0.1) is 19.1 Å². The van der Waals surface area contributed by atoms with Gasteiger partial charge in [0.2, 0.25) is 5.91 Å². The molecule has 1 saturated heterocycles. The second-order valence-electron chi connectivity index (χ2n) is 6.74. The fraction of sp³-hybridized carbons (Fsp3) is 0.160. The second kappa shape index (κ2) is 8.02. The number of nitrogens with zero attached hydrogens (tertiary/aromatic N) is 1. The summed E-state index contributed by atoms with van der Waals surface area (Å²) in [5.74, 6) is 7.15. The maximum absolute atomic E-state index is 12.9. The van der Waals surface area contributed by atoms with E-state index in [0.717, 1.165) is 22.6 Å². The lowest BCUT2D eigenvalue weighted by Gasteiger charge is -2.47. The molecule has 0 unspecified atom stereocenters. The normalized spacial score (nSPS) is 18.0. The molecule has 138 valence electrons. The van der Waals surface area contributed by atoms with Crippen molar-refractivity contribution in [2.75, 3.05) is 12.0 Å². The Balaban J connectivity index is 1.61. The molecular formula is C25H21NO2. The first-order valence-corrected chi connectivity index (χ1v) is 9.34.